The van der Waals surface area contributed by atoms with Crippen LogP contribution in [0.3, 0.4) is 0 Å². The second-order valence-electron chi connectivity index (χ2n) is 6.70. The molecule has 0 spiro atoms. The summed E-state index contributed by atoms with van der Waals surface area (Å²) in [6.45, 7) is 4.54. The van der Waals surface area contributed by atoms with E-state index in [2.05, 4.69) is 22.9 Å². The van der Waals surface area contributed by atoms with Crippen molar-refractivity contribution < 1.29 is 4.39 Å². The lowest BCUT2D eigenvalue weighted by Crippen LogP contribution is -2.48. The SMILES string of the molecule is CCC1=CC2CCC1N(CCc1c[nH]c3ccc(F)cc13)C2. The molecule has 0 saturated carbocycles. The molecule has 3 heteroatoms. The molecule has 1 fully saturated rings. The summed E-state index contributed by atoms with van der Waals surface area (Å²) < 4.78 is 13.5. The number of piperidine rings is 1. The number of rotatable bonds is 4. The van der Waals surface area contributed by atoms with Crippen LogP contribution in [0, 0.1) is 11.7 Å². The molecule has 0 amide bonds. The number of benzene rings is 1. The van der Waals surface area contributed by atoms with E-state index in [9.17, 15) is 4.39 Å². The standard InChI is InChI=1S/C19H23FN2/c1-2-14-9-13-3-6-19(14)22(12-13)8-7-15-11-21-18-5-4-16(20)10-17(15)18/h4-5,9-11,13,19,21H,2-3,6-8,12H2,1H3. The number of halogens is 1. The van der Waals surface area contributed by atoms with Crippen LogP contribution in [0.15, 0.2) is 36.0 Å². The number of H-pyrrole nitrogens is 1. The van der Waals surface area contributed by atoms with Gasteiger partial charge in [0.15, 0.2) is 0 Å². The first-order valence-corrected chi connectivity index (χ1v) is 8.44. The number of nitrogens with one attached hydrogen (secondary N) is 1. The van der Waals surface area contributed by atoms with Crippen molar-refractivity contribution in [2.45, 2.75) is 38.6 Å². The van der Waals surface area contributed by atoms with E-state index in [1.165, 1.54) is 37.4 Å². The molecule has 1 N–H and O–H groups in total. The van der Waals surface area contributed by atoms with Crippen molar-refractivity contribution >= 4 is 10.9 Å². The molecule has 2 bridgehead atoms. The van der Waals surface area contributed by atoms with Gasteiger partial charge in [-0.1, -0.05) is 18.6 Å². The van der Waals surface area contributed by atoms with Crippen molar-refractivity contribution in [2.24, 2.45) is 5.92 Å². The first-order valence-electron chi connectivity index (χ1n) is 8.44. The van der Waals surface area contributed by atoms with Gasteiger partial charge >= 0.3 is 0 Å². The second kappa shape index (κ2) is 5.54. The molecule has 1 aromatic heterocycles. The van der Waals surface area contributed by atoms with Gasteiger partial charge in [0.1, 0.15) is 5.82 Å². The minimum atomic E-state index is -0.151. The highest BCUT2D eigenvalue weighted by molar-refractivity contribution is 5.83. The van der Waals surface area contributed by atoms with E-state index in [-0.39, 0.29) is 5.82 Å². The Balaban J connectivity index is 1.51. The van der Waals surface area contributed by atoms with E-state index in [0.717, 1.165) is 29.8 Å². The van der Waals surface area contributed by atoms with E-state index in [1.807, 2.05) is 12.3 Å². The first-order chi connectivity index (χ1) is 10.7. The Hall–Kier alpha value is -1.61. The maximum atomic E-state index is 13.5. The van der Waals surface area contributed by atoms with Crippen LogP contribution < -0.4 is 0 Å². The van der Waals surface area contributed by atoms with E-state index in [1.54, 1.807) is 11.6 Å². The molecule has 3 heterocycles. The number of hydrogen-bond acceptors (Lipinski definition) is 1. The van der Waals surface area contributed by atoms with Gasteiger partial charge in [0.2, 0.25) is 0 Å². The monoisotopic (exact) mass is 298 g/mol. The summed E-state index contributed by atoms with van der Waals surface area (Å²) in [5, 5.41) is 1.04. The van der Waals surface area contributed by atoms with E-state index in [4.69, 9.17) is 0 Å². The number of hydrogen-bond donors (Lipinski definition) is 1. The molecular weight excluding hydrogens is 275 g/mol. The molecule has 1 saturated heterocycles. The van der Waals surface area contributed by atoms with E-state index < -0.39 is 0 Å². The van der Waals surface area contributed by atoms with Crippen LogP contribution in [0.5, 0.6) is 0 Å². The maximum absolute atomic E-state index is 13.5. The molecule has 3 aliphatic rings. The number of fused-ring (bicyclic) bond motifs is 3. The van der Waals surface area contributed by atoms with Gasteiger partial charge in [0, 0.05) is 36.2 Å². The first kappa shape index (κ1) is 14.0. The second-order valence-corrected chi connectivity index (χ2v) is 6.70. The van der Waals surface area contributed by atoms with Crippen LogP contribution in [0.4, 0.5) is 4.39 Å². The van der Waals surface area contributed by atoms with Crippen molar-refractivity contribution in [2.75, 3.05) is 13.1 Å². The third-order valence-corrected chi connectivity index (χ3v) is 5.40. The lowest BCUT2D eigenvalue weighted by atomic mass is 9.79. The van der Waals surface area contributed by atoms with Crippen LogP contribution in [0.1, 0.15) is 31.7 Å². The quantitative estimate of drug-likeness (QED) is 0.835. The van der Waals surface area contributed by atoms with Crippen LogP contribution in [-0.2, 0) is 6.42 Å². The highest BCUT2D eigenvalue weighted by atomic mass is 19.1. The van der Waals surface area contributed by atoms with Crippen molar-refractivity contribution in [3.63, 3.8) is 0 Å². The molecule has 2 nitrogen and oxygen atoms in total. The van der Waals surface area contributed by atoms with E-state index >= 15 is 0 Å². The average molecular weight is 298 g/mol. The molecule has 116 valence electrons. The van der Waals surface area contributed by atoms with Crippen molar-refractivity contribution in [3.05, 3.63) is 47.4 Å². The van der Waals surface area contributed by atoms with Crippen molar-refractivity contribution in [3.8, 4) is 0 Å². The predicted molar refractivity (Wildman–Crippen MR) is 88.4 cm³/mol. The summed E-state index contributed by atoms with van der Waals surface area (Å²) in [5.41, 5.74) is 3.90. The Labute approximate surface area is 131 Å². The average Bonchev–Trinajstić information content (AvgIpc) is 2.95. The van der Waals surface area contributed by atoms with Crippen molar-refractivity contribution in [1.29, 1.82) is 0 Å². The Morgan fingerprint density at radius 2 is 2.23 bits per heavy atom. The summed E-state index contributed by atoms with van der Waals surface area (Å²) in [7, 11) is 0. The molecule has 2 atom stereocenters. The van der Waals surface area contributed by atoms with Gasteiger partial charge in [-0.15, -0.1) is 0 Å². The molecule has 2 unspecified atom stereocenters. The topological polar surface area (TPSA) is 19.0 Å². The Bertz CT molecular complexity index is 715. The molecule has 2 aromatic rings. The largest absolute Gasteiger partial charge is 0.361 e. The highest BCUT2D eigenvalue weighted by Gasteiger charge is 2.33. The van der Waals surface area contributed by atoms with Crippen LogP contribution in [0.2, 0.25) is 0 Å². The molecule has 22 heavy (non-hydrogen) atoms. The van der Waals surface area contributed by atoms with Gasteiger partial charge in [0.05, 0.1) is 0 Å². The fraction of sp³-hybridized carbons (Fsp3) is 0.474. The molecule has 5 rings (SSSR count). The number of aromatic amines is 1. The van der Waals surface area contributed by atoms with Crippen molar-refractivity contribution in [1.82, 2.24) is 9.88 Å². The molecule has 1 aliphatic carbocycles. The number of nitrogens with zero attached hydrogens (tertiary/aromatic N) is 1. The lowest BCUT2D eigenvalue weighted by molar-refractivity contribution is 0.127. The number of aromatic nitrogens is 1. The Kier molecular flexibility index (Phi) is 3.53. The summed E-state index contributed by atoms with van der Waals surface area (Å²) in [5.74, 6) is 0.599. The zero-order valence-electron chi connectivity index (χ0n) is 13.1. The molecule has 1 aromatic carbocycles. The molecular formula is C19H23FN2. The minimum absolute atomic E-state index is 0.151. The third-order valence-electron chi connectivity index (χ3n) is 5.40. The fourth-order valence-electron chi connectivity index (χ4n) is 4.27. The van der Waals surface area contributed by atoms with Crippen LogP contribution in [-0.4, -0.2) is 29.0 Å². The van der Waals surface area contributed by atoms with Gasteiger partial charge in [-0.05, 0) is 55.4 Å². The summed E-state index contributed by atoms with van der Waals surface area (Å²) in [4.78, 5) is 5.90. The Morgan fingerprint density at radius 1 is 1.32 bits per heavy atom. The van der Waals surface area contributed by atoms with Gasteiger partial charge in [-0.3, -0.25) is 4.90 Å². The maximum Gasteiger partial charge on any atom is 0.123 e. The fourth-order valence-corrected chi connectivity index (χ4v) is 4.27. The van der Waals surface area contributed by atoms with Gasteiger partial charge in [0.25, 0.3) is 0 Å². The zero-order valence-corrected chi connectivity index (χ0v) is 13.1. The molecule has 2 aliphatic heterocycles. The normalized spacial score (nSPS) is 24.9. The highest BCUT2D eigenvalue weighted by Crippen LogP contribution is 2.35. The lowest BCUT2D eigenvalue weighted by Gasteiger charge is -2.45. The zero-order chi connectivity index (χ0) is 15.1. The summed E-state index contributed by atoms with van der Waals surface area (Å²) >= 11 is 0. The summed E-state index contributed by atoms with van der Waals surface area (Å²) in [6, 6.07) is 5.65. The Morgan fingerprint density at radius 3 is 3.05 bits per heavy atom. The van der Waals surface area contributed by atoms with E-state index in [0.29, 0.717) is 6.04 Å². The van der Waals surface area contributed by atoms with Crippen LogP contribution >= 0.6 is 0 Å². The summed E-state index contributed by atoms with van der Waals surface area (Å²) in [6.07, 6.45) is 9.39. The van der Waals surface area contributed by atoms with Gasteiger partial charge in [-0.25, -0.2) is 4.39 Å². The third kappa shape index (κ3) is 2.38. The minimum Gasteiger partial charge on any atom is -0.361 e. The molecule has 0 radical (unpaired) electrons. The smallest absolute Gasteiger partial charge is 0.123 e. The van der Waals surface area contributed by atoms with Gasteiger partial charge < -0.3 is 4.98 Å². The predicted octanol–water partition coefficient (Wildman–Crippen LogP) is 4.28. The van der Waals surface area contributed by atoms with Gasteiger partial charge in [-0.2, -0.15) is 0 Å². The van der Waals surface area contributed by atoms with Crippen LogP contribution in [0.25, 0.3) is 10.9 Å².